The Balaban J connectivity index is 1.32. The predicted octanol–water partition coefficient (Wildman–Crippen LogP) is 2.20. The van der Waals surface area contributed by atoms with Crippen LogP contribution in [-0.4, -0.2) is 50.2 Å². The minimum atomic E-state index is -3.61. The lowest BCUT2D eigenvalue weighted by Crippen LogP contribution is -2.46. The van der Waals surface area contributed by atoms with Gasteiger partial charge in [-0.25, -0.2) is 8.42 Å². The van der Waals surface area contributed by atoms with E-state index >= 15 is 0 Å². The van der Waals surface area contributed by atoms with Gasteiger partial charge in [0.1, 0.15) is 11.9 Å². The number of carbonyl (C=O) groups is 1. The molecule has 2 aliphatic rings. The molecule has 2 aliphatic heterocycles. The summed E-state index contributed by atoms with van der Waals surface area (Å²) < 4.78 is 26.9. The van der Waals surface area contributed by atoms with Gasteiger partial charge in [-0.2, -0.15) is 0 Å². The predicted molar refractivity (Wildman–Crippen MR) is 120 cm³/mol. The van der Waals surface area contributed by atoms with Crippen LogP contribution < -0.4 is 10.0 Å². The van der Waals surface area contributed by atoms with Crippen LogP contribution in [0.15, 0.2) is 58.4 Å². The average molecular weight is 441 g/mol. The van der Waals surface area contributed by atoms with Crippen molar-refractivity contribution in [1.82, 2.24) is 14.9 Å². The number of rotatable bonds is 5. The Hall–Kier alpha value is -2.71. The summed E-state index contributed by atoms with van der Waals surface area (Å²) >= 11 is 0. The van der Waals surface area contributed by atoms with E-state index in [0.29, 0.717) is 5.56 Å². The lowest BCUT2D eigenvalue weighted by atomic mass is 10.0. The number of amidine groups is 1. The number of aryl methyl sites for hydroxylation is 1. The van der Waals surface area contributed by atoms with Crippen LogP contribution in [0.4, 0.5) is 0 Å². The van der Waals surface area contributed by atoms with E-state index < -0.39 is 16.1 Å². The van der Waals surface area contributed by atoms with Crippen LogP contribution in [0, 0.1) is 6.92 Å². The number of fused-ring (bicyclic) bond motifs is 1. The second kappa shape index (κ2) is 8.80. The number of hydrogen-bond donors (Lipinski definition) is 2. The van der Waals surface area contributed by atoms with E-state index in [9.17, 15) is 13.2 Å². The third-order valence-corrected chi connectivity index (χ3v) is 7.35. The zero-order chi connectivity index (χ0) is 22.0. The van der Waals surface area contributed by atoms with Crippen LogP contribution in [0.2, 0.25) is 0 Å². The van der Waals surface area contributed by atoms with Gasteiger partial charge in [-0.3, -0.25) is 19.4 Å². The second-order valence-electron chi connectivity index (χ2n) is 8.24. The maximum atomic E-state index is 12.7. The first-order valence-electron chi connectivity index (χ1n) is 10.6. The lowest BCUT2D eigenvalue weighted by molar-refractivity contribution is -0.122. The van der Waals surface area contributed by atoms with Crippen molar-refractivity contribution in [1.29, 1.82) is 0 Å². The molecule has 0 unspecified atom stereocenters. The molecule has 0 spiro atoms. The Morgan fingerprint density at radius 2 is 1.84 bits per heavy atom. The summed E-state index contributed by atoms with van der Waals surface area (Å²) in [6.45, 7) is 6.60. The molecule has 164 valence electrons. The number of hydrogen-bond acceptors (Lipinski definition) is 5. The summed E-state index contributed by atoms with van der Waals surface area (Å²) in [5.41, 5.74) is 3.15. The molecule has 31 heavy (non-hydrogen) atoms. The first kappa shape index (κ1) is 21.5. The first-order valence-corrected chi connectivity index (χ1v) is 12.1. The van der Waals surface area contributed by atoms with Gasteiger partial charge in [-0.1, -0.05) is 36.4 Å². The van der Waals surface area contributed by atoms with E-state index in [2.05, 4.69) is 51.1 Å². The van der Waals surface area contributed by atoms with Gasteiger partial charge in [0.15, 0.2) is 0 Å². The smallest absolute Gasteiger partial charge is 0.263 e. The molecular weight excluding hydrogens is 412 g/mol. The Labute approximate surface area is 183 Å². The van der Waals surface area contributed by atoms with Gasteiger partial charge < -0.3 is 5.32 Å². The number of amides is 1. The maximum absolute atomic E-state index is 12.7. The van der Waals surface area contributed by atoms with Crippen molar-refractivity contribution in [3.8, 4) is 0 Å². The normalized spacial score (nSPS) is 20.8. The molecule has 0 aliphatic carbocycles. The average Bonchev–Trinajstić information content (AvgIpc) is 3.01. The molecule has 1 atom stereocenters. The molecule has 2 aromatic rings. The van der Waals surface area contributed by atoms with Gasteiger partial charge in [0, 0.05) is 31.2 Å². The molecule has 8 heteroatoms. The van der Waals surface area contributed by atoms with Crippen molar-refractivity contribution in [2.75, 3.05) is 13.1 Å². The van der Waals surface area contributed by atoms with E-state index in [1.54, 1.807) is 25.1 Å². The van der Waals surface area contributed by atoms with Crippen molar-refractivity contribution >= 4 is 21.8 Å². The van der Waals surface area contributed by atoms with Crippen LogP contribution >= 0.6 is 0 Å². The first-order chi connectivity index (χ1) is 14.8. The Kier molecular flexibility index (Phi) is 6.11. The van der Waals surface area contributed by atoms with Gasteiger partial charge in [0.05, 0.1) is 4.90 Å². The summed E-state index contributed by atoms with van der Waals surface area (Å²) in [6, 6.07) is 14.5. The topological polar surface area (TPSA) is 90.9 Å². The molecule has 1 saturated heterocycles. The van der Waals surface area contributed by atoms with Gasteiger partial charge in [-0.05, 0) is 49.9 Å². The molecule has 0 saturated carbocycles. The van der Waals surface area contributed by atoms with E-state index in [-0.39, 0.29) is 22.7 Å². The minimum Gasteiger partial charge on any atom is -0.351 e. The zero-order valence-corrected chi connectivity index (χ0v) is 18.7. The minimum absolute atomic E-state index is 0.107. The summed E-state index contributed by atoms with van der Waals surface area (Å²) in [5, 5.41) is 3.08. The van der Waals surface area contributed by atoms with E-state index in [0.717, 1.165) is 32.5 Å². The van der Waals surface area contributed by atoms with Crippen molar-refractivity contribution in [2.24, 2.45) is 4.99 Å². The lowest BCUT2D eigenvalue weighted by Gasteiger charge is -2.33. The van der Waals surface area contributed by atoms with Crippen LogP contribution in [0.1, 0.15) is 36.5 Å². The van der Waals surface area contributed by atoms with Crippen molar-refractivity contribution in [3.05, 3.63) is 65.2 Å². The largest absolute Gasteiger partial charge is 0.351 e. The highest BCUT2D eigenvalue weighted by Crippen LogP contribution is 2.22. The summed E-state index contributed by atoms with van der Waals surface area (Å²) in [4.78, 5) is 19.7. The summed E-state index contributed by atoms with van der Waals surface area (Å²) in [7, 11) is -3.61. The molecule has 0 aromatic heterocycles. The third kappa shape index (κ3) is 4.80. The standard InChI is InChI=1S/C23H28N4O3S/c1-16-7-3-4-8-18(16)15-27-13-11-19(12-14-27)25-23(28)17(2)24-22-20-9-5-6-10-21(20)31(29,30)26-22/h3-10,17,19H,11-15H2,1-2H3,(H,24,26)(H,25,28)/t17-/m0/s1. The highest BCUT2D eigenvalue weighted by atomic mass is 32.2. The maximum Gasteiger partial charge on any atom is 0.263 e. The zero-order valence-electron chi connectivity index (χ0n) is 17.8. The number of benzene rings is 2. The monoisotopic (exact) mass is 440 g/mol. The number of sulfonamides is 1. The van der Waals surface area contributed by atoms with Crippen LogP contribution in [0.3, 0.4) is 0 Å². The molecular formula is C23H28N4O3S. The third-order valence-electron chi connectivity index (χ3n) is 5.95. The summed E-state index contributed by atoms with van der Waals surface area (Å²) in [6.07, 6.45) is 1.77. The Morgan fingerprint density at radius 3 is 2.58 bits per heavy atom. The number of likely N-dealkylation sites (tertiary alicyclic amines) is 1. The second-order valence-corrected chi connectivity index (χ2v) is 9.89. The molecule has 1 amide bonds. The fraction of sp³-hybridized carbons (Fsp3) is 0.391. The molecule has 0 bridgehead atoms. The van der Waals surface area contributed by atoms with Gasteiger partial charge in [0.2, 0.25) is 5.91 Å². The molecule has 2 aromatic carbocycles. The van der Waals surface area contributed by atoms with Gasteiger partial charge >= 0.3 is 0 Å². The van der Waals surface area contributed by atoms with Crippen LogP contribution in [-0.2, 0) is 21.4 Å². The molecule has 7 nitrogen and oxygen atoms in total. The highest BCUT2D eigenvalue weighted by Gasteiger charge is 2.31. The fourth-order valence-corrected chi connectivity index (χ4v) is 5.31. The molecule has 0 radical (unpaired) electrons. The number of carbonyl (C=O) groups excluding carboxylic acids is 1. The van der Waals surface area contributed by atoms with E-state index in [1.807, 2.05) is 0 Å². The molecule has 1 fully saturated rings. The van der Waals surface area contributed by atoms with E-state index in [1.165, 1.54) is 17.2 Å². The fourth-order valence-electron chi connectivity index (χ4n) is 4.07. The highest BCUT2D eigenvalue weighted by molar-refractivity contribution is 7.90. The molecule has 2 heterocycles. The van der Waals surface area contributed by atoms with E-state index in [4.69, 9.17) is 0 Å². The quantitative estimate of drug-likeness (QED) is 0.746. The van der Waals surface area contributed by atoms with Crippen LogP contribution in [0.25, 0.3) is 0 Å². The number of nitrogens with one attached hydrogen (secondary N) is 2. The van der Waals surface area contributed by atoms with Gasteiger partial charge in [-0.15, -0.1) is 0 Å². The number of nitrogens with zero attached hydrogens (tertiary/aromatic N) is 2. The molecule has 2 N–H and O–H groups in total. The van der Waals surface area contributed by atoms with Gasteiger partial charge in [0.25, 0.3) is 10.0 Å². The number of piperidine rings is 1. The van der Waals surface area contributed by atoms with Crippen molar-refractivity contribution in [2.45, 2.75) is 50.2 Å². The van der Waals surface area contributed by atoms with Crippen LogP contribution in [0.5, 0.6) is 0 Å². The number of aliphatic imine (C=N–C) groups is 1. The van der Waals surface area contributed by atoms with Crippen molar-refractivity contribution < 1.29 is 13.2 Å². The Morgan fingerprint density at radius 1 is 1.16 bits per heavy atom. The summed E-state index contributed by atoms with van der Waals surface area (Å²) in [5.74, 6) is 0.0414. The molecule has 4 rings (SSSR count). The Bertz CT molecular complexity index is 1110. The SMILES string of the molecule is Cc1ccccc1CN1CCC(NC(=O)[C@H](C)N=C2NS(=O)(=O)c3ccccc32)CC1. The van der Waals surface area contributed by atoms with Crippen molar-refractivity contribution in [3.63, 3.8) is 0 Å².